The van der Waals surface area contributed by atoms with Crippen LogP contribution in [0, 0.1) is 6.92 Å². The molecule has 2 heterocycles. The largest absolute Gasteiger partial charge is 0.486 e. The third-order valence-electron chi connectivity index (χ3n) is 3.31. The first-order valence-corrected chi connectivity index (χ1v) is 6.81. The van der Waals surface area contributed by atoms with E-state index in [-0.39, 0.29) is 5.91 Å². The van der Waals surface area contributed by atoms with E-state index >= 15 is 0 Å². The molecule has 1 aliphatic rings. The van der Waals surface area contributed by atoms with Gasteiger partial charge in [0.1, 0.15) is 13.2 Å². The fourth-order valence-electron chi connectivity index (χ4n) is 2.22. The number of fused-ring (bicyclic) bond motifs is 1. The summed E-state index contributed by atoms with van der Waals surface area (Å²) in [5.41, 5.74) is 2.42. The van der Waals surface area contributed by atoms with E-state index in [0.717, 1.165) is 11.1 Å². The molecule has 0 fully saturated rings. The minimum Gasteiger partial charge on any atom is -0.486 e. The molecule has 0 saturated heterocycles. The van der Waals surface area contributed by atoms with E-state index in [1.165, 1.54) is 0 Å². The van der Waals surface area contributed by atoms with Crippen molar-refractivity contribution in [2.24, 2.45) is 0 Å². The highest BCUT2D eigenvalue weighted by molar-refractivity contribution is 5.96. The summed E-state index contributed by atoms with van der Waals surface area (Å²) in [7, 11) is 0. The fraction of sp³-hybridized carbons (Fsp3) is 0.250. The van der Waals surface area contributed by atoms with Crippen molar-refractivity contribution in [3.63, 3.8) is 0 Å². The van der Waals surface area contributed by atoms with Gasteiger partial charge in [0.25, 0.3) is 5.91 Å². The lowest BCUT2D eigenvalue weighted by atomic mass is 10.1. The first-order chi connectivity index (χ1) is 10.2. The van der Waals surface area contributed by atoms with Gasteiger partial charge in [-0.1, -0.05) is 6.07 Å². The van der Waals surface area contributed by atoms with Crippen LogP contribution in [0.4, 0.5) is 0 Å². The van der Waals surface area contributed by atoms with Crippen molar-refractivity contribution in [1.29, 1.82) is 0 Å². The molecule has 1 aliphatic heterocycles. The lowest BCUT2D eigenvalue weighted by Crippen LogP contribution is -2.24. The van der Waals surface area contributed by atoms with Gasteiger partial charge in [-0.25, -0.2) is 0 Å². The van der Waals surface area contributed by atoms with Crippen molar-refractivity contribution in [3.05, 3.63) is 53.3 Å². The minimum absolute atomic E-state index is 0.131. The number of aromatic nitrogens is 1. The second kappa shape index (κ2) is 5.83. The Labute approximate surface area is 122 Å². The van der Waals surface area contributed by atoms with Crippen LogP contribution in [0.25, 0.3) is 0 Å². The van der Waals surface area contributed by atoms with E-state index in [4.69, 9.17) is 9.47 Å². The fourth-order valence-corrected chi connectivity index (χ4v) is 2.22. The third kappa shape index (κ3) is 2.97. The number of rotatable bonds is 3. The number of ether oxygens (including phenoxy) is 2. The highest BCUT2D eigenvalue weighted by Gasteiger charge is 2.17. The molecule has 0 spiro atoms. The highest BCUT2D eigenvalue weighted by Crippen LogP contribution is 2.32. The topological polar surface area (TPSA) is 60.5 Å². The van der Waals surface area contributed by atoms with Crippen molar-refractivity contribution in [3.8, 4) is 11.5 Å². The van der Waals surface area contributed by atoms with Gasteiger partial charge < -0.3 is 14.8 Å². The molecule has 5 nitrogen and oxygen atoms in total. The summed E-state index contributed by atoms with van der Waals surface area (Å²) in [6, 6.07) is 7.34. The number of nitrogens with zero attached hydrogens (tertiary/aromatic N) is 1. The van der Waals surface area contributed by atoms with Gasteiger partial charge >= 0.3 is 0 Å². The van der Waals surface area contributed by atoms with Crippen molar-refractivity contribution in [2.45, 2.75) is 13.5 Å². The Bertz CT molecular complexity index is 656. The van der Waals surface area contributed by atoms with E-state index in [0.29, 0.717) is 36.8 Å². The summed E-state index contributed by atoms with van der Waals surface area (Å²) in [5, 5.41) is 2.89. The zero-order chi connectivity index (χ0) is 14.7. The van der Waals surface area contributed by atoms with Crippen LogP contribution < -0.4 is 14.8 Å². The van der Waals surface area contributed by atoms with Crippen LogP contribution in [0.2, 0.25) is 0 Å². The average molecular weight is 284 g/mol. The summed E-state index contributed by atoms with van der Waals surface area (Å²) < 4.78 is 11.0. The summed E-state index contributed by atoms with van der Waals surface area (Å²) >= 11 is 0. The molecule has 3 rings (SSSR count). The normalized spacial score (nSPS) is 12.8. The lowest BCUT2D eigenvalue weighted by Gasteiger charge is -2.20. The predicted octanol–water partition coefficient (Wildman–Crippen LogP) is 2.09. The molecule has 1 aromatic carbocycles. The van der Waals surface area contributed by atoms with Gasteiger partial charge in [0.2, 0.25) is 0 Å². The maximum atomic E-state index is 12.3. The van der Waals surface area contributed by atoms with E-state index in [1.54, 1.807) is 18.5 Å². The third-order valence-corrected chi connectivity index (χ3v) is 3.31. The molecule has 0 radical (unpaired) electrons. The zero-order valence-electron chi connectivity index (χ0n) is 11.8. The number of carbonyl (C=O) groups is 1. The van der Waals surface area contributed by atoms with Crippen LogP contribution in [0.5, 0.6) is 11.5 Å². The number of amides is 1. The average Bonchev–Trinajstić information content (AvgIpc) is 2.53. The Kier molecular flexibility index (Phi) is 3.73. The maximum Gasteiger partial charge on any atom is 0.251 e. The molecule has 0 aliphatic carbocycles. The molecule has 2 aromatic rings. The second-order valence-corrected chi connectivity index (χ2v) is 4.85. The number of hydrogen-bond acceptors (Lipinski definition) is 4. The number of pyridine rings is 1. The summed E-state index contributed by atoms with van der Waals surface area (Å²) in [6.45, 7) is 3.38. The smallest absolute Gasteiger partial charge is 0.251 e. The van der Waals surface area contributed by atoms with Crippen molar-refractivity contribution >= 4 is 5.91 Å². The molecular weight excluding hydrogens is 268 g/mol. The molecule has 1 N–H and O–H groups in total. The molecule has 0 unspecified atom stereocenters. The van der Waals surface area contributed by atoms with E-state index < -0.39 is 0 Å². The molecule has 0 saturated carbocycles. The van der Waals surface area contributed by atoms with E-state index in [2.05, 4.69) is 10.3 Å². The van der Waals surface area contributed by atoms with Gasteiger partial charge in [0.05, 0.1) is 0 Å². The molecule has 5 heteroatoms. The Balaban J connectivity index is 1.75. The second-order valence-electron chi connectivity index (χ2n) is 4.85. The van der Waals surface area contributed by atoms with Gasteiger partial charge in [0, 0.05) is 24.5 Å². The molecule has 1 aromatic heterocycles. The van der Waals surface area contributed by atoms with Crippen LogP contribution in [-0.2, 0) is 6.54 Å². The number of nitrogens with one attached hydrogen (secondary N) is 1. The van der Waals surface area contributed by atoms with E-state index in [9.17, 15) is 4.79 Å². The lowest BCUT2D eigenvalue weighted by molar-refractivity contribution is 0.0949. The minimum atomic E-state index is -0.131. The SMILES string of the molecule is Cc1cc2c(cc1C(=O)NCc1cccnc1)OCCO2. The Hall–Kier alpha value is -2.56. The van der Waals surface area contributed by atoms with E-state index in [1.807, 2.05) is 25.1 Å². The van der Waals surface area contributed by atoms with Crippen LogP contribution >= 0.6 is 0 Å². The van der Waals surface area contributed by atoms with Gasteiger partial charge in [-0.05, 0) is 36.2 Å². The standard InChI is InChI=1S/C16H16N2O3/c1-11-7-14-15(21-6-5-20-14)8-13(11)16(19)18-10-12-3-2-4-17-9-12/h2-4,7-9H,5-6,10H2,1H3,(H,18,19). The number of benzene rings is 1. The van der Waals surface area contributed by atoms with Crippen LogP contribution in [0.1, 0.15) is 21.5 Å². The number of carbonyl (C=O) groups excluding carboxylic acids is 1. The number of aryl methyl sites for hydroxylation is 1. The van der Waals surface area contributed by atoms with Gasteiger partial charge in [-0.2, -0.15) is 0 Å². The van der Waals surface area contributed by atoms with Crippen LogP contribution in [0.3, 0.4) is 0 Å². The van der Waals surface area contributed by atoms with Crippen molar-refractivity contribution in [2.75, 3.05) is 13.2 Å². The Morgan fingerprint density at radius 3 is 2.76 bits per heavy atom. The van der Waals surface area contributed by atoms with Crippen LogP contribution in [-0.4, -0.2) is 24.1 Å². The molecule has 0 bridgehead atoms. The monoisotopic (exact) mass is 284 g/mol. The first-order valence-electron chi connectivity index (χ1n) is 6.81. The quantitative estimate of drug-likeness (QED) is 0.937. The van der Waals surface area contributed by atoms with Gasteiger partial charge in [-0.3, -0.25) is 9.78 Å². The summed E-state index contributed by atoms with van der Waals surface area (Å²) in [4.78, 5) is 16.3. The maximum absolute atomic E-state index is 12.3. The Morgan fingerprint density at radius 2 is 2.05 bits per heavy atom. The summed E-state index contributed by atoms with van der Waals surface area (Å²) in [6.07, 6.45) is 3.44. The first kappa shape index (κ1) is 13.4. The molecule has 0 atom stereocenters. The van der Waals surface area contributed by atoms with Crippen molar-refractivity contribution in [1.82, 2.24) is 10.3 Å². The Morgan fingerprint density at radius 1 is 1.29 bits per heavy atom. The number of hydrogen-bond donors (Lipinski definition) is 1. The van der Waals surface area contributed by atoms with Gasteiger partial charge in [-0.15, -0.1) is 0 Å². The highest BCUT2D eigenvalue weighted by atomic mass is 16.6. The van der Waals surface area contributed by atoms with Crippen molar-refractivity contribution < 1.29 is 14.3 Å². The molecule has 1 amide bonds. The van der Waals surface area contributed by atoms with Gasteiger partial charge in [0.15, 0.2) is 11.5 Å². The molecule has 21 heavy (non-hydrogen) atoms. The zero-order valence-corrected chi connectivity index (χ0v) is 11.8. The molecular formula is C16H16N2O3. The van der Waals surface area contributed by atoms with Crippen LogP contribution in [0.15, 0.2) is 36.7 Å². The molecule has 108 valence electrons. The summed E-state index contributed by atoms with van der Waals surface area (Å²) in [5.74, 6) is 1.19. The predicted molar refractivity (Wildman–Crippen MR) is 77.6 cm³/mol.